The molecule has 11 aromatic rings. The van der Waals surface area contributed by atoms with E-state index in [9.17, 15) is 0 Å². The first-order chi connectivity index (χ1) is 25.3. The number of hydrogen-bond donors (Lipinski definition) is 0. The molecule has 0 atom stereocenters. The second-order valence-corrected chi connectivity index (χ2v) is 13.3. The van der Waals surface area contributed by atoms with Crippen molar-refractivity contribution in [2.45, 2.75) is 0 Å². The van der Waals surface area contributed by atoms with Crippen LogP contribution in [0.3, 0.4) is 0 Å². The highest BCUT2D eigenvalue weighted by atomic mass is 16.3. The lowest BCUT2D eigenvalue weighted by Crippen LogP contribution is -1.94. The largest absolute Gasteiger partial charge is 0.455 e. The molecule has 0 amide bonds. The SMILES string of the molecule is c1ccc(-n2c3ccccc3c3cc(-c4cccc5c4oc4ccc(-c6cccc(-n7c8ccccc8c8ccccc87)c6)cc45)ccc32)cc1. The fourth-order valence-electron chi connectivity index (χ4n) is 8.23. The zero-order valence-electron chi connectivity index (χ0n) is 27.6. The molecule has 0 radical (unpaired) electrons. The molecule has 3 heteroatoms. The van der Waals surface area contributed by atoms with Crippen LogP contribution in [0, 0.1) is 0 Å². The highest BCUT2D eigenvalue weighted by Crippen LogP contribution is 2.41. The van der Waals surface area contributed by atoms with Crippen LogP contribution >= 0.6 is 0 Å². The fourth-order valence-corrected chi connectivity index (χ4v) is 8.23. The first kappa shape index (κ1) is 28.0. The van der Waals surface area contributed by atoms with Crippen LogP contribution in [-0.2, 0) is 0 Å². The molecule has 3 aromatic heterocycles. The van der Waals surface area contributed by atoms with Crippen molar-refractivity contribution in [1.82, 2.24) is 9.13 Å². The molecular formula is C48H30N2O. The molecule has 238 valence electrons. The number of hydrogen-bond acceptors (Lipinski definition) is 1. The standard InChI is InChI=1S/C48H30N2O/c1-2-13-34(14-3-1)49-45-23-9-6-18-39(45)41-30-33(24-26-46(41)49)36-19-11-20-40-42-29-32(25-27-47(42)51-48(36)40)31-12-10-15-35(28-31)50-43-21-7-4-16-37(43)38-17-5-8-22-44(38)50/h1-30H. The molecule has 51 heavy (non-hydrogen) atoms. The zero-order chi connectivity index (χ0) is 33.5. The van der Waals surface area contributed by atoms with Gasteiger partial charge in [0, 0.05) is 49.3 Å². The van der Waals surface area contributed by atoms with Gasteiger partial charge in [-0.3, -0.25) is 0 Å². The van der Waals surface area contributed by atoms with Gasteiger partial charge in [-0.05, 0) is 83.4 Å². The molecule has 3 nitrogen and oxygen atoms in total. The van der Waals surface area contributed by atoms with E-state index in [1.165, 1.54) is 49.2 Å². The molecule has 0 bridgehead atoms. The average molecular weight is 651 g/mol. The number of rotatable bonds is 4. The summed E-state index contributed by atoms with van der Waals surface area (Å²) in [5, 5.41) is 7.24. The predicted octanol–water partition coefficient (Wildman–Crippen LogP) is 13.1. The molecule has 0 N–H and O–H groups in total. The quantitative estimate of drug-likeness (QED) is 0.186. The maximum absolute atomic E-state index is 6.67. The smallest absolute Gasteiger partial charge is 0.143 e. The summed E-state index contributed by atoms with van der Waals surface area (Å²) >= 11 is 0. The van der Waals surface area contributed by atoms with Crippen molar-refractivity contribution < 1.29 is 4.42 Å². The summed E-state index contributed by atoms with van der Waals surface area (Å²) in [5.41, 5.74) is 13.5. The molecule has 3 heterocycles. The van der Waals surface area contributed by atoms with E-state index in [1.807, 2.05) is 0 Å². The van der Waals surface area contributed by atoms with Crippen molar-refractivity contribution >= 4 is 65.6 Å². The maximum Gasteiger partial charge on any atom is 0.143 e. The minimum Gasteiger partial charge on any atom is -0.455 e. The van der Waals surface area contributed by atoms with Gasteiger partial charge in [-0.2, -0.15) is 0 Å². The van der Waals surface area contributed by atoms with Crippen molar-refractivity contribution in [2.75, 3.05) is 0 Å². The second kappa shape index (κ2) is 10.8. The van der Waals surface area contributed by atoms with E-state index < -0.39 is 0 Å². The van der Waals surface area contributed by atoms with E-state index in [-0.39, 0.29) is 0 Å². The molecular weight excluding hydrogens is 621 g/mol. The summed E-state index contributed by atoms with van der Waals surface area (Å²) in [7, 11) is 0. The molecule has 0 saturated heterocycles. The monoisotopic (exact) mass is 650 g/mol. The van der Waals surface area contributed by atoms with Gasteiger partial charge in [-0.15, -0.1) is 0 Å². The van der Waals surface area contributed by atoms with Gasteiger partial charge >= 0.3 is 0 Å². The molecule has 0 saturated carbocycles. The van der Waals surface area contributed by atoms with E-state index in [0.717, 1.165) is 50.0 Å². The van der Waals surface area contributed by atoms with Gasteiger partial charge in [0.15, 0.2) is 0 Å². The molecule has 0 unspecified atom stereocenters. The van der Waals surface area contributed by atoms with Gasteiger partial charge in [-0.1, -0.05) is 115 Å². The highest BCUT2D eigenvalue weighted by Gasteiger charge is 2.17. The van der Waals surface area contributed by atoms with Crippen LogP contribution in [-0.4, -0.2) is 9.13 Å². The molecule has 0 aliphatic heterocycles. The van der Waals surface area contributed by atoms with Gasteiger partial charge in [0.2, 0.25) is 0 Å². The number of para-hydroxylation sites is 5. The number of furan rings is 1. The van der Waals surface area contributed by atoms with Crippen molar-refractivity contribution in [1.29, 1.82) is 0 Å². The Morgan fingerprint density at radius 2 is 0.843 bits per heavy atom. The fraction of sp³-hybridized carbons (Fsp3) is 0. The third-order valence-electron chi connectivity index (χ3n) is 10.5. The van der Waals surface area contributed by atoms with Crippen LogP contribution in [0.25, 0.3) is 99.2 Å². The lowest BCUT2D eigenvalue weighted by Gasteiger charge is -2.10. The lowest BCUT2D eigenvalue weighted by atomic mass is 9.99. The Hall–Kier alpha value is -6.84. The molecule has 0 spiro atoms. The van der Waals surface area contributed by atoms with E-state index in [1.54, 1.807) is 0 Å². The molecule has 0 aliphatic rings. The van der Waals surface area contributed by atoms with Crippen molar-refractivity contribution in [3.8, 4) is 33.6 Å². The third kappa shape index (κ3) is 4.19. The Morgan fingerprint density at radius 1 is 0.314 bits per heavy atom. The van der Waals surface area contributed by atoms with Gasteiger partial charge in [-0.25, -0.2) is 0 Å². The summed E-state index contributed by atoms with van der Waals surface area (Å²) in [6.07, 6.45) is 0. The van der Waals surface area contributed by atoms with Crippen molar-refractivity contribution in [2.24, 2.45) is 0 Å². The zero-order valence-corrected chi connectivity index (χ0v) is 27.6. The Morgan fingerprint density at radius 3 is 1.59 bits per heavy atom. The summed E-state index contributed by atoms with van der Waals surface area (Å²) in [4.78, 5) is 0. The van der Waals surface area contributed by atoms with Crippen LogP contribution in [0.4, 0.5) is 0 Å². The van der Waals surface area contributed by atoms with Crippen molar-refractivity contribution in [3.05, 3.63) is 182 Å². The lowest BCUT2D eigenvalue weighted by molar-refractivity contribution is 0.670. The second-order valence-electron chi connectivity index (χ2n) is 13.3. The maximum atomic E-state index is 6.67. The van der Waals surface area contributed by atoms with Gasteiger partial charge in [0.05, 0.1) is 22.1 Å². The van der Waals surface area contributed by atoms with E-state index >= 15 is 0 Å². The summed E-state index contributed by atoms with van der Waals surface area (Å²) in [6, 6.07) is 65.4. The summed E-state index contributed by atoms with van der Waals surface area (Å²) in [5.74, 6) is 0. The molecule has 8 aromatic carbocycles. The Balaban J connectivity index is 1.04. The summed E-state index contributed by atoms with van der Waals surface area (Å²) < 4.78 is 11.4. The van der Waals surface area contributed by atoms with E-state index in [2.05, 4.69) is 191 Å². The van der Waals surface area contributed by atoms with E-state index in [4.69, 9.17) is 4.42 Å². The van der Waals surface area contributed by atoms with Crippen LogP contribution in [0.2, 0.25) is 0 Å². The number of aromatic nitrogens is 2. The predicted molar refractivity (Wildman–Crippen MR) is 213 cm³/mol. The Bertz CT molecular complexity index is 3090. The molecule has 0 aliphatic carbocycles. The Kier molecular flexibility index (Phi) is 5.96. The average Bonchev–Trinajstić information content (AvgIpc) is 3.85. The summed E-state index contributed by atoms with van der Waals surface area (Å²) in [6.45, 7) is 0. The van der Waals surface area contributed by atoms with Crippen LogP contribution in [0.5, 0.6) is 0 Å². The minimum atomic E-state index is 0.890. The third-order valence-corrected chi connectivity index (χ3v) is 10.5. The normalized spacial score (nSPS) is 11.9. The minimum absolute atomic E-state index is 0.890. The van der Waals surface area contributed by atoms with E-state index in [0.29, 0.717) is 0 Å². The number of nitrogens with zero attached hydrogens (tertiary/aromatic N) is 2. The molecule has 11 rings (SSSR count). The van der Waals surface area contributed by atoms with Crippen LogP contribution in [0.15, 0.2) is 186 Å². The van der Waals surface area contributed by atoms with Gasteiger partial charge in [0.25, 0.3) is 0 Å². The van der Waals surface area contributed by atoms with Crippen LogP contribution < -0.4 is 0 Å². The topological polar surface area (TPSA) is 23.0 Å². The molecule has 0 fully saturated rings. The van der Waals surface area contributed by atoms with Gasteiger partial charge in [0.1, 0.15) is 11.2 Å². The van der Waals surface area contributed by atoms with Crippen molar-refractivity contribution in [3.63, 3.8) is 0 Å². The number of benzene rings is 8. The number of fused-ring (bicyclic) bond motifs is 9. The highest BCUT2D eigenvalue weighted by molar-refractivity contribution is 6.14. The first-order valence-corrected chi connectivity index (χ1v) is 17.4. The Labute approximate surface area is 293 Å². The van der Waals surface area contributed by atoms with Gasteiger partial charge < -0.3 is 13.6 Å². The first-order valence-electron chi connectivity index (χ1n) is 17.4. The van der Waals surface area contributed by atoms with Crippen LogP contribution in [0.1, 0.15) is 0 Å².